The van der Waals surface area contributed by atoms with Crippen LogP contribution in [0, 0.1) is 0 Å². The molecule has 4 atom stereocenters. The van der Waals surface area contributed by atoms with Gasteiger partial charge in [-0.2, -0.15) is 0 Å². The minimum absolute atomic E-state index is 0.392. The summed E-state index contributed by atoms with van der Waals surface area (Å²) in [6.07, 6.45) is -1.28. The molecule has 9 heteroatoms. The third kappa shape index (κ3) is 2.72. The predicted octanol–water partition coefficient (Wildman–Crippen LogP) is 0.181. The van der Waals surface area contributed by atoms with Gasteiger partial charge in [0.15, 0.2) is 23.2 Å². The second-order valence-corrected chi connectivity index (χ2v) is 5.77. The summed E-state index contributed by atoms with van der Waals surface area (Å²) in [5, 5.41) is 32.5. The zero-order chi connectivity index (χ0) is 17.4. The Bertz CT molecular complexity index is 871. The Morgan fingerprint density at radius 2 is 1.88 bits per heavy atom. The van der Waals surface area contributed by atoms with Crippen molar-refractivity contribution in [2.45, 2.75) is 24.5 Å². The topological polar surface area (TPSA) is 126 Å². The minimum Gasteiger partial charge on any atom is -0.394 e. The van der Waals surface area contributed by atoms with E-state index in [-0.39, 0.29) is 0 Å². The number of fused-ring (bicyclic) bond motifs is 1. The van der Waals surface area contributed by atoms with E-state index in [9.17, 15) is 15.3 Å². The molecular weight excluding hydrogens is 326 g/mol. The molecule has 3 aromatic rings. The Kier molecular flexibility index (Phi) is 4.06. The van der Waals surface area contributed by atoms with Crippen molar-refractivity contribution in [2.75, 3.05) is 11.9 Å². The molecule has 4 N–H and O–H groups in total. The first-order valence-corrected chi connectivity index (χ1v) is 7.81. The lowest BCUT2D eigenvalue weighted by Gasteiger charge is -2.16. The van der Waals surface area contributed by atoms with E-state index in [1.807, 2.05) is 30.3 Å². The van der Waals surface area contributed by atoms with Gasteiger partial charge < -0.3 is 25.4 Å². The number of imidazole rings is 1. The third-order valence-electron chi connectivity index (χ3n) is 4.19. The van der Waals surface area contributed by atoms with Crippen LogP contribution in [-0.4, -0.2) is 59.8 Å². The van der Waals surface area contributed by atoms with Crippen LogP contribution >= 0.6 is 0 Å². The summed E-state index contributed by atoms with van der Waals surface area (Å²) in [5.74, 6) is 0.515. The van der Waals surface area contributed by atoms with Crippen LogP contribution in [0.2, 0.25) is 0 Å². The van der Waals surface area contributed by atoms with Gasteiger partial charge in [0, 0.05) is 5.69 Å². The molecule has 1 aromatic carbocycles. The number of ether oxygens (including phenoxy) is 1. The van der Waals surface area contributed by atoms with Crippen molar-refractivity contribution in [3.8, 4) is 0 Å². The van der Waals surface area contributed by atoms with Gasteiger partial charge >= 0.3 is 0 Å². The maximum atomic E-state index is 10.2. The molecule has 0 unspecified atom stereocenters. The molecule has 1 aliphatic rings. The number of benzene rings is 1. The highest BCUT2D eigenvalue weighted by Crippen LogP contribution is 2.32. The summed E-state index contributed by atoms with van der Waals surface area (Å²) >= 11 is 0. The van der Waals surface area contributed by atoms with Gasteiger partial charge in [0.25, 0.3) is 0 Å². The van der Waals surface area contributed by atoms with Crippen LogP contribution in [0.25, 0.3) is 11.2 Å². The molecule has 25 heavy (non-hydrogen) atoms. The molecule has 1 aliphatic heterocycles. The van der Waals surface area contributed by atoms with Gasteiger partial charge in [-0.3, -0.25) is 4.57 Å². The quantitative estimate of drug-likeness (QED) is 0.529. The molecule has 0 saturated carbocycles. The summed E-state index contributed by atoms with van der Waals surface area (Å²) < 4.78 is 7.06. The van der Waals surface area contributed by atoms with Gasteiger partial charge in [0.05, 0.1) is 12.9 Å². The van der Waals surface area contributed by atoms with Crippen molar-refractivity contribution in [1.82, 2.24) is 19.5 Å². The number of aromatic nitrogens is 4. The molecule has 1 fully saturated rings. The fraction of sp³-hybridized carbons (Fsp3) is 0.312. The van der Waals surface area contributed by atoms with E-state index in [2.05, 4.69) is 20.3 Å². The highest BCUT2D eigenvalue weighted by Gasteiger charge is 2.44. The zero-order valence-electron chi connectivity index (χ0n) is 13.1. The molecule has 130 valence electrons. The van der Waals surface area contributed by atoms with Crippen LogP contribution in [-0.2, 0) is 4.74 Å². The summed E-state index contributed by atoms with van der Waals surface area (Å²) in [6.45, 7) is -0.392. The van der Waals surface area contributed by atoms with Gasteiger partial charge in [0.2, 0.25) is 0 Å². The second kappa shape index (κ2) is 6.37. The number of anilines is 2. The van der Waals surface area contributed by atoms with Gasteiger partial charge in [-0.1, -0.05) is 18.2 Å². The number of nitrogens with one attached hydrogen (secondary N) is 1. The lowest BCUT2D eigenvalue weighted by Crippen LogP contribution is -2.33. The van der Waals surface area contributed by atoms with Crippen molar-refractivity contribution in [3.05, 3.63) is 43.0 Å². The van der Waals surface area contributed by atoms with E-state index in [1.165, 1.54) is 17.2 Å². The number of hydrogen-bond acceptors (Lipinski definition) is 8. The van der Waals surface area contributed by atoms with Crippen molar-refractivity contribution < 1.29 is 20.1 Å². The molecule has 9 nitrogen and oxygen atoms in total. The Morgan fingerprint density at radius 1 is 1.08 bits per heavy atom. The molecule has 0 bridgehead atoms. The van der Waals surface area contributed by atoms with Crippen LogP contribution in [0.3, 0.4) is 0 Å². The van der Waals surface area contributed by atoms with E-state index >= 15 is 0 Å². The zero-order valence-corrected chi connectivity index (χ0v) is 13.1. The molecule has 0 aliphatic carbocycles. The van der Waals surface area contributed by atoms with Crippen LogP contribution in [0.1, 0.15) is 6.23 Å². The monoisotopic (exact) mass is 343 g/mol. The minimum atomic E-state index is -1.20. The van der Waals surface area contributed by atoms with Gasteiger partial charge in [-0.15, -0.1) is 0 Å². The highest BCUT2D eigenvalue weighted by atomic mass is 16.6. The smallest absolute Gasteiger partial charge is 0.167 e. The van der Waals surface area contributed by atoms with Crippen LogP contribution in [0.4, 0.5) is 11.5 Å². The number of hydrogen-bond donors (Lipinski definition) is 4. The molecule has 3 heterocycles. The van der Waals surface area contributed by atoms with E-state index in [0.717, 1.165) is 5.69 Å². The maximum Gasteiger partial charge on any atom is 0.167 e. The van der Waals surface area contributed by atoms with Crippen LogP contribution in [0.5, 0.6) is 0 Å². The van der Waals surface area contributed by atoms with Gasteiger partial charge in [0.1, 0.15) is 24.6 Å². The van der Waals surface area contributed by atoms with Crippen molar-refractivity contribution in [1.29, 1.82) is 0 Å². The second-order valence-electron chi connectivity index (χ2n) is 5.77. The number of nitrogens with zero attached hydrogens (tertiary/aromatic N) is 4. The Morgan fingerprint density at radius 3 is 2.60 bits per heavy atom. The van der Waals surface area contributed by atoms with Gasteiger partial charge in [-0.05, 0) is 12.1 Å². The Balaban J connectivity index is 1.70. The lowest BCUT2D eigenvalue weighted by atomic mass is 10.1. The highest BCUT2D eigenvalue weighted by molar-refractivity contribution is 5.85. The maximum absolute atomic E-state index is 10.2. The number of aliphatic hydroxyl groups is 3. The van der Waals surface area contributed by atoms with Gasteiger partial charge in [-0.25, -0.2) is 15.0 Å². The largest absolute Gasteiger partial charge is 0.394 e. The average Bonchev–Trinajstić information content (AvgIpc) is 3.18. The summed E-state index contributed by atoms with van der Waals surface area (Å²) in [7, 11) is 0. The lowest BCUT2D eigenvalue weighted by molar-refractivity contribution is -0.0511. The van der Waals surface area contributed by atoms with Crippen LogP contribution < -0.4 is 5.32 Å². The first-order chi connectivity index (χ1) is 12.2. The molecule has 1 saturated heterocycles. The standard InChI is InChI=1S/C16H17N5O4/c22-6-10-12(23)13(24)16(25-10)21-8-19-11-14(17-7-18-15(11)21)20-9-4-2-1-3-5-9/h1-5,7-8,10,12-13,16,22-24H,6H2,(H,17,18,20)/t10-,12-,13-,16+/m0/s1. The molecule has 0 spiro atoms. The Labute approximate surface area is 142 Å². The van der Waals surface area contributed by atoms with E-state index < -0.39 is 31.1 Å². The molecule has 4 rings (SSSR count). The third-order valence-corrected chi connectivity index (χ3v) is 4.19. The van der Waals surface area contributed by atoms with Crippen molar-refractivity contribution in [2.24, 2.45) is 0 Å². The predicted molar refractivity (Wildman–Crippen MR) is 88.1 cm³/mol. The summed E-state index contributed by atoms with van der Waals surface area (Å²) in [5.41, 5.74) is 1.80. The number of para-hydroxylation sites is 1. The first kappa shape index (κ1) is 15.9. The normalized spacial score (nSPS) is 26.2. The van der Waals surface area contributed by atoms with Crippen molar-refractivity contribution in [3.63, 3.8) is 0 Å². The molecular formula is C16H17N5O4. The fourth-order valence-corrected chi connectivity index (χ4v) is 2.90. The van der Waals surface area contributed by atoms with E-state index in [1.54, 1.807) is 0 Å². The van der Waals surface area contributed by atoms with E-state index in [4.69, 9.17) is 4.74 Å². The number of rotatable bonds is 4. The SMILES string of the molecule is OC[C@@H]1O[C@@H](n2cnc3c(Nc4ccccc4)ncnc32)[C@@H](O)[C@H]1O. The average molecular weight is 343 g/mol. The molecule has 2 aromatic heterocycles. The van der Waals surface area contributed by atoms with E-state index in [0.29, 0.717) is 17.0 Å². The van der Waals surface area contributed by atoms with Crippen LogP contribution in [0.15, 0.2) is 43.0 Å². The Hall–Kier alpha value is -2.59. The number of aliphatic hydroxyl groups excluding tert-OH is 3. The molecule has 0 amide bonds. The summed E-state index contributed by atoms with van der Waals surface area (Å²) in [6, 6.07) is 9.52. The molecule has 0 radical (unpaired) electrons. The first-order valence-electron chi connectivity index (χ1n) is 7.81. The summed E-state index contributed by atoms with van der Waals surface area (Å²) in [4.78, 5) is 12.7. The van der Waals surface area contributed by atoms with Crippen molar-refractivity contribution >= 4 is 22.7 Å². The fourth-order valence-electron chi connectivity index (χ4n) is 2.90.